The van der Waals surface area contributed by atoms with Crippen LogP contribution in [0.4, 0.5) is 4.39 Å². The number of benzene rings is 1. The molecule has 14 atom stereocenters. The molecule has 14 heteroatoms. The highest BCUT2D eigenvalue weighted by atomic mass is 19.1. The number of hydrogen-bond donors (Lipinski definition) is 2. The van der Waals surface area contributed by atoms with Gasteiger partial charge in [0.25, 0.3) is 11.7 Å². The number of fused-ring (bicyclic) bond motifs is 3. The standard InChI is InChI=1S/C49H72FNO12/c1-10-34-21-28(2)20-29(3)22-42(59-8)45-43(60-9)24-31(5)49(57,63-45)46(54)47(55)51-19-12-11-16-37(51)48(56)62-44(32(6)38(52)27-39(34)53)30(4)23-33-17-18-40(41(25-33)58-7)61-36-15-13-14-35(50)26-36/h13-15,21,23,26,29,31-34,37-38,40-45,52,57H,10-12,16-20,22,24-25,27H2,1-9H3/b28-21+,30-23?. The van der Waals surface area contributed by atoms with Crippen LogP contribution in [0.2, 0.25) is 0 Å². The number of carbonyl (C=O) groups is 4. The van der Waals surface area contributed by atoms with Crippen LogP contribution in [0.15, 0.2) is 47.6 Å². The molecule has 1 amide bonds. The molecule has 3 fully saturated rings. The van der Waals surface area contributed by atoms with Crippen molar-refractivity contribution in [3.63, 3.8) is 0 Å². The van der Waals surface area contributed by atoms with Crippen LogP contribution < -0.4 is 4.74 Å². The first kappa shape index (κ1) is 50.5. The third kappa shape index (κ3) is 12.2. The van der Waals surface area contributed by atoms with Crippen molar-refractivity contribution in [1.29, 1.82) is 0 Å². The molecular formula is C49H72FNO12. The zero-order valence-corrected chi connectivity index (χ0v) is 38.8. The number of halogens is 1. The number of allylic oxidation sites excluding steroid dienone is 3. The van der Waals surface area contributed by atoms with Crippen molar-refractivity contribution in [2.45, 2.75) is 167 Å². The molecule has 2 N–H and O–H groups in total. The van der Waals surface area contributed by atoms with Gasteiger partial charge in [-0.2, -0.15) is 0 Å². The lowest BCUT2D eigenvalue weighted by molar-refractivity contribution is -0.302. The van der Waals surface area contributed by atoms with Gasteiger partial charge in [-0.25, -0.2) is 9.18 Å². The van der Waals surface area contributed by atoms with Crippen molar-refractivity contribution in [2.75, 3.05) is 27.9 Å². The molecule has 3 aliphatic heterocycles. The first-order valence-corrected chi connectivity index (χ1v) is 23.0. The Hall–Kier alpha value is -3.53. The average Bonchev–Trinajstić information content (AvgIpc) is 3.26. The summed E-state index contributed by atoms with van der Waals surface area (Å²) in [6.07, 6.45) is 3.85. The monoisotopic (exact) mass is 886 g/mol. The minimum Gasteiger partial charge on any atom is -0.488 e. The fraction of sp³-hybridized carbons (Fsp3) is 0.714. The normalized spacial score (nSPS) is 38.2. The molecule has 1 saturated carbocycles. The lowest BCUT2D eigenvalue weighted by Gasteiger charge is -2.47. The molecule has 1 aromatic carbocycles. The van der Waals surface area contributed by atoms with Gasteiger partial charge in [-0.3, -0.25) is 14.4 Å². The molecule has 0 spiro atoms. The highest BCUT2D eigenvalue weighted by Crippen LogP contribution is 2.39. The zero-order valence-electron chi connectivity index (χ0n) is 38.8. The fourth-order valence-electron chi connectivity index (χ4n) is 10.2. The van der Waals surface area contributed by atoms with Gasteiger partial charge < -0.3 is 43.5 Å². The van der Waals surface area contributed by atoms with E-state index in [1.807, 2.05) is 39.8 Å². The van der Waals surface area contributed by atoms with Gasteiger partial charge in [-0.05, 0) is 108 Å². The number of methoxy groups -OCH3 is 3. The highest BCUT2D eigenvalue weighted by Gasteiger charge is 2.56. The summed E-state index contributed by atoms with van der Waals surface area (Å²) >= 11 is 0. The van der Waals surface area contributed by atoms with Gasteiger partial charge in [-0.1, -0.05) is 51.5 Å². The molecular weight excluding hydrogens is 814 g/mol. The summed E-state index contributed by atoms with van der Waals surface area (Å²) in [6.45, 7) is 11.2. The molecule has 4 aliphatic rings. The molecule has 63 heavy (non-hydrogen) atoms. The van der Waals surface area contributed by atoms with Crippen molar-refractivity contribution < 1.29 is 62.2 Å². The third-order valence-corrected chi connectivity index (χ3v) is 14.0. The summed E-state index contributed by atoms with van der Waals surface area (Å²) < 4.78 is 50.3. The number of amides is 1. The Morgan fingerprint density at radius 3 is 2.30 bits per heavy atom. The molecule has 14 unspecified atom stereocenters. The van der Waals surface area contributed by atoms with Crippen molar-refractivity contribution in [3.8, 4) is 5.75 Å². The molecule has 3 heterocycles. The van der Waals surface area contributed by atoms with Gasteiger partial charge in [0, 0.05) is 58.1 Å². The number of rotatable bonds is 8. The quantitative estimate of drug-likeness (QED) is 0.161. The van der Waals surface area contributed by atoms with E-state index in [4.69, 9.17) is 28.4 Å². The van der Waals surface area contributed by atoms with E-state index in [1.165, 1.54) is 31.3 Å². The highest BCUT2D eigenvalue weighted by molar-refractivity contribution is 6.39. The van der Waals surface area contributed by atoms with Gasteiger partial charge in [0.1, 0.15) is 41.7 Å². The number of cyclic esters (lactones) is 1. The third-order valence-electron chi connectivity index (χ3n) is 14.0. The van der Waals surface area contributed by atoms with E-state index in [9.17, 15) is 33.8 Å². The zero-order chi connectivity index (χ0) is 46.2. The second-order valence-corrected chi connectivity index (χ2v) is 18.7. The van der Waals surface area contributed by atoms with Gasteiger partial charge in [-0.15, -0.1) is 0 Å². The lowest BCUT2D eigenvalue weighted by Crippen LogP contribution is -2.64. The van der Waals surface area contributed by atoms with Crippen molar-refractivity contribution in [1.82, 2.24) is 4.90 Å². The van der Waals surface area contributed by atoms with Crippen LogP contribution in [-0.2, 0) is 42.9 Å². The second kappa shape index (κ2) is 22.6. The van der Waals surface area contributed by atoms with Crippen molar-refractivity contribution in [2.24, 2.45) is 29.6 Å². The predicted octanol–water partition coefficient (Wildman–Crippen LogP) is 6.70. The van der Waals surface area contributed by atoms with E-state index < -0.39 is 83.6 Å². The number of aliphatic hydroxyl groups excluding tert-OH is 1. The van der Waals surface area contributed by atoms with E-state index in [1.54, 1.807) is 33.1 Å². The van der Waals surface area contributed by atoms with Crippen LogP contribution in [0.1, 0.15) is 112 Å². The molecule has 5 rings (SSSR count). The second-order valence-electron chi connectivity index (χ2n) is 18.7. The summed E-state index contributed by atoms with van der Waals surface area (Å²) in [5.41, 5.74) is 1.63. The number of esters is 1. The number of aliphatic hydroxyl groups is 2. The van der Waals surface area contributed by atoms with E-state index in [0.29, 0.717) is 62.7 Å². The predicted molar refractivity (Wildman–Crippen MR) is 233 cm³/mol. The summed E-state index contributed by atoms with van der Waals surface area (Å²) in [6, 6.07) is 4.83. The first-order valence-electron chi connectivity index (χ1n) is 23.0. The first-order chi connectivity index (χ1) is 29.9. The number of piperidine rings is 1. The van der Waals surface area contributed by atoms with Gasteiger partial charge in [0.2, 0.25) is 5.79 Å². The van der Waals surface area contributed by atoms with Crippen LogP contribution >= 0.6 is 0 Å². The largest absolute Gasteiger partial charge is 0.488 e. The Bertz CT molecular complexity index is 1800. The molecule has 0 radical (unpaired) electrons. The SMILES string of the molecule is CCC1/C=C(\C)CC(C)CC(OC)C2OC(O)(C(=O)C(=O)N3CCCCC3C(=O)OC(C(C)=CC3CCC(Oc4cccc(F)c4)C(OC)C3)C(C)C(O)CC1=O)C(C)CC2OC. The Kier molecular flexibility index (Phi) is 18.1. The van der Waals surface area contributed by atoms with Crippen molar-refractivity contribution >= 4 is 23.4 Å². The summed E-state index contributed by atoms with van der Waals surface area (Å²) in [4.78, 5) is 58.2. The smallest absolute Gasteiger partial charge is 0.329 e. The van der Waals surface area contributed by atoms with E-state index in [0.717, 1.165) is 5.57 Å². The van der Waals surface area contributed by atoms with Crippen LogP contribution in [0, 0.1) is 35.4 Å². The topological polar surface area (TPSA) is 167 Å². The Labute approximate surface area is 373 Å². The maximum Gasteiger partial charge on any atom is 0.329 e. The number of nitrogens with zero attached hydrogens (tertiary/aromatic N) is 1. The number of ether oxygens (including phenoxy) is 6. The van der Waals surface area contributed by atoms with E-state index in [2.05, 4.69) is 0 Å². The molecule has 0 aromatic heterocycles. The van der Waals surface area contributed by atoms with Crippen LogP contribution in [0.25, 0.3) is 0 Å². The molecule has 352 valence electrons. The van der Waals surface area contributed by atoms with E-state index in [-0.39, 0.29) is 55.6 Å². The number of hydrogen-bond acceptors (Lipinski definition) is 12. The van der Waals surface area contributed by atoms with Crippen LogP contribution in [-0.4, -0.2) is 121 Å². The molecule has 13 nitrogen and oxygen atoms in total. The van der Waals surface area contributed by atoms with Crippen molar-refractivity contribution in [3.05, 3.63) is 53.4 Å². The Morgan fingerprint density at radius 1 is 0.937 bits per heavy atom. The lowest BCUT2D eigenvalue weighted by atomic mass is 9.81. The maximum atomic E-state index is 14.5. The summed E-state index contributed by atoms with van der Waals surface area (Å²) in [7, 11) is 4.66. The van der Waals surface area contributed by atoms with Gasteiger partial charge in [0.15, 0.2) is 0 Å². The summed E-state index contributed by atoms with van der Waals surface area (Å²) in [5.74, 6) is -7.68. The Balaban J connectivity index is 1.49. The average molecular weight is 886 g/mol. The summed E-state index contributed by atoms with van der Waals surface area (Å²) in [5, 5.41) is 23.9. The molecule has 1 aliphatic carbocycles. The maximum absolute atomic E-state index is 14.5. The molecule has 2 bridgehead atoms. The molecule has 2 saturated heterocycles. The van der Waals surface area contributed by atoms with Crippen LogP contribution in [0.5, 0.6) is 5.75 Å². The van der Waals surface area contributed by atoms with Gasteiger partial charge >= 0.3 is 5.97 Å². The number of carbonyl (C=O) groups excluding carboxylic acids is 4. The van der Waals surface area contributed by atoms with Gasteiger partial charge in [0.05, 0.1) is 24.4 Å². The molecule has 1 aromatic rings. The van der Waals surface area contributed by atoms with E-state index >= 15 is 0 Å². The minimum absolute atomic E-state index is 0.0207. The number of Topliss-reactive ketones (excluding diaryl/α,β-unsaturated/α-hetero) is 2. The van der Waals surface area contributed by atoms with Crippen LogP contribution in [0.3, 0.4) is 0 Å². The Morgan fingerprint density at radius 2 is 1.63 bits per heavy atom. The fourth-order valence-corrected chi connectivity index (χ4v) is 10.2. The number of ketones is 2. The minimum atomic E-state index is -2.52.